The number of benzene rings is 1. The molecule has 0 aromatic heterocycles. The van der Waals surface area contributed by atoms with E-state index in [1.165, 1.54) is 6.07 Å². The summed E-state index contributed by atoms with van der Waals surface area (Å²) in [5.74, 6) is -0.949. The summed E-state index contributed by atoms with van der Waals surface area (Å²) in [6, 6.07) is 6.06. The van der Waals surface area contributed by atoms with Crippen molar-refractivity contribution in [3.8, 4) is 6.07 Å². The second-order valence-corrected chi connectivity index (χ2v) is 4.31. The van der Waals surface area contributed by atoms with Crippen LogP contribution in [0.5, 0.6) is 0 Å². The van der Waals surface area contributed by atoms with Crippen LogP contribution in [0, 0.1) is 11.3 Å². The molecule has 18 heavy (non-hydrogen) atoms. The van der Waals surface area contributed by atoms with Gasteiger partial charge in [0.05, 0.1) is 35.6 Å². The van der Waals surface area contributed by atoms with E-state index in [-0.39, 0.29) is 6.61 Å². The van der Waals surface area contributed by atoms with Crippen LogP contribution in [0.15, 0.2) is 18.2 Å². The molecule has 1 heterocycles. The van der Waals surface area contributed by atoms with Crippen molar-refractivity contribution >= 4 is 23.3 Å². The van der Waals surface area contributed by atoms with Crippen LogP contribution in [-0.2, 0) is 9.53 Å². The van der Waals surface area contributed by atoms with Crippen molar-refractivity contribution in [2.24, 2.45) is 0 Å². The van der Waals surface area contributed by atoms with Crippen molar-refractivity contribution < 1.29 is 14.6 Å². The highest BCUT2D eigenvalue weighted by atomic mass is 35.5. The Hall–Kier alpha value is -1.77. The van der Waals surface area contributed by atoms with E-state index >= 15 is 0 Å². The molecule has 1 aliphatic heterocycles. The van der Waals surface area contributed by atoms with Crippen LogP contribution in [-0.4, -0.2) is 36.9 Å². The molecular formula is C12H11ClN2O3. The van der Waals surface area contributed by atoms with Crippen LogP contribution in [0.1, 0.15) is 5.56 Å². The summed E-state index contributed by atoms with van der Waals surface area (Å²) in [5.41, 5.74) is 1.07. The lowest BCUT2D eigenvalue weighted by Gasteiger charge is -2.35. The van der Waals surface area contributed by atoms with Crippen LogP contribution in [0.3, 0.4) is 0 Å². The second kappa shape index (κ2) is 5.25. The molecule has 1 aromatic carbocycles. The maximum absolute atomic E-state index is 11.2. The number of rotatable bonds is 2. The van der Waals surface area contributed by atoms with E-state index in [2.05, 4.69) is 0 Å². The zero-order valence-electron chi connectivity index (χ0n) is 9.47. The highest BCUT2D eigenvalue weighted by Gasteiger charge is 2.30. The normalized spacial score (nSPS) is 19.3. The van der Waals surface area contributed by atoms with Gasteiger partial charge in [0.25, 0.3) is 0 Å². The largest absolute Gasteiger partial charge is 0.480 e. The molecule has 0 aliphatic carbocycles. The van der Waals surface area contributed by atoms with Gasteiger partial charge >= 0.3 is 5.97 Å². The number of hydrogen-bond acceptors (Lipinski definition) is 4. The number of halogens is 1. The standard InChI is InChI=1S/C12H11ClN2O3/c13-9-5-8(6-14)1-2-10(9)15-3-4-18-7-11(15)12(16)17/h1-2,5,11H,3-4,7H2,(H,16,17). The quantitative estimate of drug-likeness (QED) is 0.878. The molecule has 1 fully saturated rings. The van der Waals surface area contributed by atoms with Gasteiger partial charge in [-0.3, -0.25) is 0 Å². The van der Waals surface area contributed by atoms with Crippen LogP contribution >= 0.6 is 11.6 Å². The molecule has 1 aromatic rings. The summed E-state index contributed by atoms with van der Waals surface area (Å²) < 4.78 is 5.16. The number of carbonyl (C=O) groups is 1. The van der Waals surface area contributed by atoms with Crippen LogP contribution in [0.4, 0.5) is 5.69 Å². The van der Waals surface area contributed by atoms with Gasteiger partial charge in [-0.25, -0.2) is 4.79 Å². The summed E-state index contributed by atoms with van der Waals surface area (Å²) in [6.07, 6.45) is 0. The first-order valence-corrected chi connectivity index (χ1v) is 5.78. The van der Waals surface area contributed by atoms with Crippen molar-refractivity contribution in [1.82, 2.24) is 0 Å². The number of ether oxygens (including phenoxy) is 1. The topological polar surface area (TPSA) is 73.6 Å². The van der Waals surface area contributed by atoms with Crippen LogP contribution < -0.4 is 4.90 Å². The fourth-order valence-electron chi connectivity index (χ4n) is 1.91. The Labute approximate surface area is 109 Å². The third kappa shape index (κ3) is 2.40. The van der Waals surface area contributed by atoms with Crippen molar-refractivity contribution in [3.63, 3.8) is 0 Å². The highest BCUT2D eigenvalue weighted by molar-refractivity contribution is 6.33. The minimum atomic E-state index is -0.949. The Balaban J connectivity index is 2.34. The number of carboxylic acids is 1. The highest BCUT2D eigenvalue weighted by Crippen LogP contribution is 2.29. The second-order valence-electron chi connectivity index (χ2n) is 3.90. The lowest BCUT2D eigenvalue weighted by Crippen LogP contribution is -2.50. The molecule has 6 heteroatoms. The first-order chi connectivity index (χ1) is 8.63. The summed E-state index contributed by atoms with van der Waals surface area (Å²) in [5, 5.41) is 18.3. The Kier molecular flexibility index (Phi) is 3.70. The predicted octanol–water partition coefficient (Wildman–Crippen LogP) is 1.50. The van der Waals surface area contributed by atoms with Crippen molar-refractivity contribution in [2.45, 2.75) is 6.04 Å². The number of morpholine rings is 1. The summed E-state index contributed by atoms with van der Waals surface area (Å²) in [4.78, 5) is 12.8. The Bertz CT molecular complexity index is 513. The van der Waals surface area contributed by atoms with E-state index in [0.29, 0.717) is 29.4 Å². The van der Waals surface area contributed by atoms with Gasteiger partial charge in [0, 0.05) is 6.54 Å². The number of hydrogen-bond donors (Lipinski definition) is 1. The maximum atomic E-state index is 11.2. The molecule has 5 nitrogen and oxygen atoms in total. The molecule has 2 rings (SSSR count). The van der Waals surface area contributed by atoms with Crippen LogP contribution in [0.25, 0.3) is 0 Å². The average molecular weight is 267 g/mol. The first kappa shape index (κ1) is 12.7. The smallest absolute Gasteiger partial charge is 0.328 e. The monoisotopic (exact) mass is 266 g/mol. The molecule has 0 bridgehead atoms. The molecule has 94 valence electrons. The fraction of sp³-hybridized carbons (Fsp3) is 0.333. The fourth-order valence-corrected chi connectivity index (χ4v) is 2.20. The van der Waals surface area contributed by atoms with Crippen LogP contribution in [0.2, 0.25) is 5.02 Å². The Morgan fingerprint density at radius 2 is 2.39 bits per heavy atom. The van der Waals surface area contributed by atoms with Gasteiger partial charge in [0.2, 0.25) is 0 Å². The van der Waals surface area contributed by atoms with Crippen molar-refractivity contribution in [3.05, 3.63) is 28.8 Å². The minimum Gasteiger partial charge on any atom is -0.480 e. The van der Waals surface area contributed by atoms with E-state index < -0.39 is 12.0 Å². The lowest BCUT2D eigenvalue weighted by molar-refractivity contribution is -0.141. The summed E-state index contributed by atoms with van der Waals surface area (Å²) in [6.45, 7) is 1.05. The number of nitriles is 1. The van der Waals surface area contributed by atoms with E-state index in [1.54, 1.807) is 17.0 Å². The SMILES string of the molecule is N#Cc1ccc(N2CCOCC2C(=O)O)c(Cl)c1. The third-order valence-corrected chi connectivity index (χ3v) is 3.10. The zero-order chi connectivity index (χ0) is 13.1. The third-order valence-electron chi connectivity index (χ3n) is 2.80. The van der Waals surface area contributed by atoms with E-state index in [1.807, 2.05) is 6.07 Å². The Morgan fingerprint density at radius 1 is 1.61 bits per heavy atom. The van der Waals surface area contributed by atoms with Gasteiger partial charge in [-0.2, -0.15) is 5.26 Å². The number of anilines is 1. The van der Waals surface area contributed by atoms with Gasteiger partial charge in [0.15, 0.2) is 6.04 Å². The van der Waals surface area contributed by atoms with E-state index in [4.69, 9.17) is 26.7 Å². The Morgan fingerprint density at radius 3 is 3.00 bits per heavy atom. The number of aliphatic carboxylic acids is 1. The molecule has 1 unspecified atom stereocenters. The van der Waals surface area contributed by atoms with Gasteiger partial charge in [-0.05, 0) is 18.2 Å². The van der Waals surface area contributed by atoms with Crippen molar-refractivity contribution in [1.29, 1.82) is 5.26 Å². The van der Waals surface area contributed by atoms with Crippen molar-refractivity contribution in [2.75, 3.05) is 24.7 Å². The lowest BCUT2D eigenvalue weighted by atomic mass is 10.1. The minimum absolute atomic E-state index is 0.131. The molecule has 1 saturated heterocycles. The summed E-state index contributed by atoms with van der Waals surface area (Å²) in [7, 11) is 0. The molecule has 0 amide bonds. The molecule has 1 aliphatic rings. The molecule has 1 atom stereocenters. The molecule has 1 N–H and O–H groups in total. The van der Waals surface area contributed by atoms with Gasteiger partial charge < -0.3 is 14.7 Å². The average Bonchev–Trinajstić information content (AvgIpc) is 2.38. The number of carboxylic acid groups (broad SMARTS) is 1. The van der Waals surface area contributed by atoms with E-state index in [0.717, 1.165) is 0 Å². The molecule has 0 spiro atoms. The molecule has 0 saturated carbocycles. The van der Waals surface area contributed by atoms with Gasteiger partial charge in [-0.1, -0.05) is 11.6 Å². The maximum Gasteiger partial charge on any atom is 0.328 e. The predicted molar refractivity (Wildman–Crippen MR) is 65.8 cm³/mol. The van der Waals surface area contributed by atoms with E-state index in [9.17, 15) is 4.79 Å². The van der Waals surface area contributed by atoms with Gasteiger partial charge in [0.1, 0.15) is 0 Å². The summed E-state index contributed by atoms with van der Waals surface area (Å²) >= 11 is 6.08. The first-order valence-electron chi connectivity index (χ1n) is 5.40. The zero-order valence-corrected chi connectivity index (χ0v) is 10.2. The molecule has 0 radical (unpaired) electrons. The van der Waals surface area contributed by atoms with Gasteiger partial charge in [-0.15, -0.1) is 0 Å². The number of nitrogens with zero attached hydrogens (tertiary/aromatic N) is 2. The molecular weight excluding hydrogens is 256 g/mol.